The molecule has 6 heteroatoms. The summed E-state index contributed by atoms with van der Waals surface area (Å²) in [7, 11) is 1.34. The highest BCUT2D eigenvalue weighted by Gasteiger charge is 2.33. The van der Waals surface area contributed by atoms with Crippen molar-refractivity contribution < 1.29 is 45.4 Å². The van der Waals surface area contributed by atoms with Crippen LogP contribution in [-0.2, 0) is 4.74 Å². The zero-order chi connectivity index (χ0) is 15.0. The highest BCUT2D eigenvalue weighted by atomic mass is 127. The van der Waals surface area contributed by atoms with E-state index >= 15 is 0 Å². The number of ether oxygens (including phenoxy) is 2. The van der Waals surface area contributed by atoms with E-state index in [1.54, 1.807) is 30.3 Å². The molecular formula is C15H10IO5+. The Kier molecular flexibility index (Phi) is 3.54. The maximum atomic E-state index is 11.6. The van der Waals surface area contributed by atoms with Crippen LogP contribution in [0.3, 0.4) is 0 Å². The van der Waals surface area contributed by atoms with Gasteiger partial charge in [0.2, 0.25) is 7.14 Å². The first-order valence-electron chi connectivity index (χ1n) is 6.01. The second-order valence-electron chi connectivity index (χ2n) is 4.28. The van der Waals surface area contributed by atoms with E-state index in [1.165, 1.54) is 13.2 Å². The van der Waals surface area contributed by atoms with Gasteiger partial charge in [-0.25, -0.2) is 9.59 Å². The SMILES string of the molecule is COC(=O)c1ccc2c(c1)[I+]c1cc(C(=O)O)ccc1O2. The molecule has 0 saturated carbocycles. The van der Waals surface area contributed by atoms with Gasteiger partial charge in [0.15, 0.2) is 11.5 Å². The Morgan fingerprint density at radius 2 is 1.62 bits per heavy atom. The smallest absolute Gasteiger partial charge is 0.366 e. The zero-order valence-corrected chi connectivity index (χ0v) is 13.1. The van der Waals surface area contributed by atoms with Crippen LogP contribution in [0, 0.1) is 7.14 Å². The fraction of sp³-hybridized carbons (Fsp3) is 0.0667. The van der Waals surface area contributed by atoms with E-state index in [-0.39, 0.29) is 5.56 Å². The van der Waals surface area contributed by atoms with Crippen LogP contribution in [0.2, 0.25) is 0 Å². The monoisotopic (exact) mass is 397 g/mol. The van der Waals surface area contributed by atoms with Gasteiger partial charge >= 0.3 is 33.1 Å². The van der Waals surface area contributed by atoms with Crippen molar-refractivity contribution in [2.24, 2.45) is 0 Å². The lowest BCUT2D eigenvalue weighted by Gasteiger charge is -2.11. The van der Waals surface area contributed by atoms with Crippen LogP contribution in [0.25, 0.3) is 0 Å². The molecule has 0 saturated heterocycles. The first kappa shape index (κ1) is 13.9. The van der Waals surface area contributed by atoms with E-state index in [4.69, 9.17) is 14.6 Å². The molecule has 0 amide bonds. The Morgan fingerprint density at radius 3 is 2.19 bits per heavy atom. The number of carbonyl (C=O) groups excluding carboxylic acids is 1. The number of carboxylic acids is 1. The first-order chi connectivity index (χ1) is 10.1. The number of esters is 1. The summed E-state index contributed by atoms with van der Waals surface area (Å²) >= 11 is -0.611. The number of aromatic carboxylic acids is 1. The largest absolute Gasteiger partial charge is 0.478 e. The standard InChI is InChI=1S/C15H9IO5/c1-20-15(19)9-3-5-13-11(7-9)16-10-6-8(14(17)18)2-4-12(10)21-13/h2-7H,1H3/p+1. The summed E-state index contributed by atoms with van der Waals surface area (Å²) < 4.78 is 12.3. The van der Waals surface area contributed by atoms with Crippen LogP contribution in [0.4, 0.5) is 0 Å². The molecule has 0 aromatic heterocycles. The van der Waals surface area contributed by atoms with Crippen molar-refractivity contribution in [2.75, 3.05) is 7.11 Å². The number of halogens is 1. The number of carboxylic acid groups (broad SMARTS) is 1. The Bertz CT molecular complexity index is 754. The Balaban J connectivity index is 1.99. The van der Waals surface area contributed by atoms with Crippen LogP contribution < -0.4 is 25.9 Å². The summed E-state index contributed by atoms with van der Waals surface area (Å²) in [5.74, 6) is 0.0416. The number of hydrogen-bond donors (Lipinski definition) is 1. The maximum Gasteiger partial charge on any atom is 0.366 e. The zero-order valence-electron chi connectivity index (χ0n) is 10.9. The lowest BCUT2D eigenvalue weighted by Crippen LogP contribution is -3.62. The van der Waals surface area contributed by atoms with Crippen LogP contribution in [0.5, 0.6) is 11.5 Å². The Hall–Kier alpha value is -2.09. The lowest BCUT2D eigenvalue weighted by atomic mass is 10.2. The normalized spacial score (nSPS) is 11.9. The van der Waals surface area contributed by atoms with E-state index in [0.717, 1.165) is 7.14 Å². The molecular weight excluding hydrogens is 387 g/mol. The third kappa shape index (κ3) is 2.58. The van der Waals surface area contributed by atoms with Gasteiger partial charge in [-0.15, -0.1) is 0 Å². The quantitative estimate of drug-likeness (QED) is 0.462. The van der Waals surface area contributed by atoms with Crippen molar-refractivity contribution in [1.82, 2.24) is 0 Å². The molecule has 0 unspecified atom stereocenters. The average Bonchev–Trinajstić information content (AvgIpc) is 2.50. The molecule has 1 aliphatic rings. The minimum Gasteiger partial charge on any atom is -0.478 e. The molecule has 1 heterocycles. The number of methoxy groups -OCH3 is 1. The van der Waals surface area contributed by atoms with Crippen molar-refractivity contribution >= 4 is 11.9 Å². The molecule has 0 spiro atoms. The van der Waals surface area contributed by atoms with Gasteiger partial charge in [-0.1, -0.05) is 0 Å². The third-order valence-electron chi connectivity index (χ3n) is 2.96. The van der Waals surface area contributed by atoms with Crippen molar-refractivity contribution in [3.63, 3.8) is 0 Å². The molecule has 3 rings (SSSR count). The maximum absolute atomic E-state index is 11.6. The summed E-state index contributed by atoms with van der Waals surface area (Å²) in [4.78, 5) is 22.6. The van der Waals surface area contributed by atoms with E-state index in [0.29, 0.717) is 17.1 Å². The minimum absolute atomic E-state index is 0.240. The number of benzene rings is 2. The second-order valence-corrected chi connectivity index (χ2v) is 7.15. The van der Waals surface area contributed by atoms with Crippen molar-refractivity contribution in [1.29, 1.82) is 0 Å². The molecule has 21 heavy (non-hydrogen) atoms. The van der Waals surface area contributed by atoms with Crippen molar-refractivity contribution in [3.8, 4) is 11.5 Å². The van der Waals surface area contributed by atoms with E-state index in [2.05, 4.69) is 0 Å². The molecule has 2 aromatic carbocycles. The third-order valence-corrected chi connectivity index (χ3v) is 5.80. The summed E-state index contributed by atoms with van der Waals surface area (Å²) in [5, 5.41) is 9.04. The van der Waals surface area contributed by atoms with Gasteiger partial charge in [-0.3, -0.25) is 0 Å². The lowest BCUT2D eigenvalue weighted by molar-refractivity contribution is -0.602. The van der Waals surface area contributed by atoms with Gasteiger partial charge in [0.25, 0.3) is 0 Å². The Morgan fingerprint density at radius 1 is 1.05 bits per heavy atom. The van der Waals surface area contributed by atoms with Gasteiger partial charge < -0.3 is 14.6 Å². The molecule has 0 atom stereocenters. The average molecular weight is 397 g/mol. The second kappa shape index (κ2) is 5.36. The molecule has 2 aromatic rings. The van der Waals surface area contributed by atoms with E-state index < -0.39 is 33.1 Å². The molecule has 0 radical (unpaired) electrons. The predicted molar refractivity (Wildman–Crippen MR) is 68.7 cm³/mol. The van der Waals surface area contributed by atoms with Crippen LogP contribution in [0.1, 0.15) is 20.7 Å². The van der Waals surface area contributed by atoms with Crippen LogP contribution in [-0.4, -0.2) is 24.2 Å². The summed E-state index contributed by atoms with van der Waals surface area (Å²) in [5.41, 5.74) is 0.710. The van der Waals surface area contributed by atoms with Gasteiger partial charge in [0.05, 0.1) is 18.2 Å². The van der Waals surface area contributed by atoms with Crippen molar-refractivity contribution in [2.45, 2.75) is 0 Å². The van der Waals surface area contributed by atoms with Gasteiger partial charge in [0.1, 0.15) is 0 Å². The molecule has 0 bridgehead atoms. The molecule has 106 valence electrons. The highest BCUT2D eigenvalue weighted by Crippen LogP contribution is 2.25. The van der Waals surface area contributed by atoms with Gasteiger partial charge in [-0.05, 0) is 24.3 Å². The van der Waals surface area contributed by atoms with E-state index in [9.17, 15) is 9.59 Å². The van der Waals surface area contributed by atoms with Gasteiger partial charge in [0, 0.05) is 12.1 Å². The summed E-state index contributed by atoms with van der Waals surface area (Å²) in [6, 6.07) is 10.00. The number of carbonyl (C=O) groups is 2. The predicted octanol–water partition coefficient (Wildman–Crippen LogP) is -0.594. The molecule has 0 aliphatic carbocycles. The number of fused-ring (bicyclic) bond motifs is 2. The fourth-order valence-corrected chi connectivity index (χ4v) is 4.64. The number of hydrogen-bond acceptors (Lipinski definition) is 4. The molecule has 1 aliphatic heterocycles. The van der Waals surface area contributed by atoms with E-state index in [1.807, 2.05) is 0 Å². The first-order valence-corrected chi connectivity index (χ1v) is 8.16. The minimum atomic E-state index is -0.962. The molecule has 0 fully saturated rings. The number of rotatable bonds is 2. The summed E-state index contributed by atoms with van der Waals surface area (Å²) in [6.07, 6.45) is 0. The fourth-order valence-electron chi connectivity index (χ4n) is 1.92. The van der Waals surface area contributed by atoms with Crippen LogP contribution in [0.15, 0.2) is 36.4 Å². The summed E-state index contributed by atoms with van der Waals surface area (Å²) in [6.45, 7) is 0. The van der Waals surface area contributed by atoms with Crippen LogP contribution >= 0.6 is 0 Å². The van der Waals surface area contributed by atoms with Crippen molar-refractivity contribution in [3.05, 3.63) is 54.7 Å². The Labute approximate surface area is 130 Å². The topological polar surface area (TPSA) is 72.8 Å². The highest BCUT2D eigenvalue weighted by molar-refractivity contribution is 5.89. The molecule has 5 nitrogen and oxygen atoms in total. The molecule has 1 N–H and O–H groups in total. The van der Waals surface area contributed by atoms with Gasteiger partial charge in [-0.2, -0.15) is 0 Å².